The Kier molecular flexibility index (Phi) is 11.8. The number of carboxylic acid groups (broad SMARTS) is 1. The first-order chi connectivity index (χ1) is 20.5. The molecular formula is C29H24BN3O7S2U. The second kappa shape index (κ2) is 15.1. The topological polar surface area (TPSA) is 174 Å². The number of Topliss-reactive ketones (excluding diaryl/α,β-unsaturated/α-hetero) is 1. The van der Waals surface area contributed by atoms with Gasteiger partial charge in [-0.2, -0.15) is 0 Å². The molecule has 3 N–H and O–H groups in total. The smallest absolute Gasteiger partial charge is 0.354 e. The number of benzene rings is 2. The number of pyridine rings is 2. The summed E-state index contributed by atoms with van der Waals surface area (Å²) in [7, 11) is -2.77. The van der Waals surface area contributed by atoms with Crippen LogP contribution in [-0.2, 0) is 26.1 Å². The van der Waals surface area contributed by atoms with E-state index in [0.717, 1.165) is 0 Å². The van der Waals surface area contributed by atoms with Gasteiger partial charge in [0.25, 0.3) is 0 Å². The average Bonchev–Trinajstić information content (AvgIpc) is 3.49. The Morgan fingerprint density at radius 3 is 1.77 bits per heavy atom. The summed E-state index contributed by atoms with van der Waals surface area (Å²) in [6, 6.07) is 19.8. The molecule has 0 aliphatic carbocycles. The van der Waals surface area contributed by atoms with Crippen molar-refractivity contribution in [1.82, 2.24) is 9.97 Å². The molecule has 0 unspecified atom stereocenters. The number of carboxylic acids is 1. The van der Waals surface area contributed by atoms with Crippen LogP contribution in [0.4, 0.5) is 5.69 Å². The first kappa shape index (κ1) is 33.7. The van der Waals surface area contributed by atoms with E-state index in [9.17, 15) is 26.4 Å². The van der Waals surface area contributed by atoms with E-state index in [1.165, 1.54) is 29.1 Å². The van der Waals surface area contributed by atoms with Crippen molar-refractivity contribution in [2.45, 2.75) is 16.2 Å². The van der Waals surface area contributed by atoms with Gasteiger partial charge in [0, 0.05) is 74.8 Å². The summed E-state index contributed by atoms with van der Waals surface area (Å²) >= 11 is 0. The van der Waals surface area contributed by atoms with Gasteiger partial charge in [-0.15, -0.1) is 0 Å². The molecule has 14 heteroatoms. The van der Waals surface area contributed by atoms with Crippen molar-refractivity contribution in [3.63, 3.8) is 0 Å². The minimum Gasteiger partial charge on any atom is -0.477 e. The molecule has 2 aromatic carbocycles. The van der Waals surface area contributed by atoms with E-state index in [1.807, 2.05) is 0 Å². The molecule has 0 atom stereocenters. The van der Waals surface area contributed by atoms with E-state index in [4.69, 9.17) is 12.2 Å². The van der Waals surface area contributed by atoms with Crippen molar-refractivity contribution in [3.05, 3.63) is 124 Å². The number of hydrogen-bond donors (Lipinski definition) is 2. The first-order valence-electron chi connectivity index (χ1n) is 12.5. The van der Waals surface area contributed by atoms with Crippen LogP contribution in [-0.4, -0.2) is 53.4 Å². The van der Waals surface area contributed by atoms with E-state index in [2.05, 4.69) is 18.3 Å². The van der Waals surface area contributed by atoms with Crippen molar-refractivity contribution in [3.8, 4) is 0 Å². The maximum absolute atomic E-state index is 12.0. The number of rotatable bonds is 4. The molecule has 0 fully saturated rings. The molecular weight excluding hydrogens is 815 g/mol. The van der Waals surface area contributed by atoms with Gasteiger partial charge in [-0.25, -0.2) is 26.6 Å². The summed E-state index contributed by atoms with van der Waals surface area (Å²) in [5, 5.41) is 10.7. The molecule has 4 aromatic rings. The number of sulfone groups is 2. The average molecular weight is 842 g/mol. The number of nitrogens with zero attached hydrogens (tertiary/aromatic N) is 2. The van der Waals surface area contributed by atoms with Crippen molar-refractivity contribution < 1.29 is 62.6 Å². The third-order valence-corrected chi connectivity index (χ3v) is 8.70. The number of aromatic nitrogens is 2. The van der Waals surface area contributed by atoms with Gasteiger partial charge in [0.15, 0.2) is 15.6 Å². The molecule has 2 aliphatic heterocycles. The number of aromatic carboxylic acids is 1. The van der Waals surface area contributed by atoms with Gasteiger partial charge in [-0.3, -0.25) is 9.78 Å². The Labute approximate surface area is 275 Å². The molecule has 0 saturated heterocycles. The van der Waals surface area contributed by atoms with E-state index >= 15 is 0 Å². The number of nitrogens with two attached hydrogens (primary N) is 1. The Morgan fingerprint density at radius 1 is 0.767 bits per heavy atom. The zero-order valence-electron chi connectivity index (χ0n) is 23.4. The van der Waals surface area contributed by atoms with Gasteiger partial charge in [-0.05, 0) is 72.6 Å². The Morgan fingerprint density at radius 2 is 1.28 bits per heavy atom. The van der Waals surface area contributed by atoms with Crippen LogP contribution in [0.5, 0.6) is 0 Å². The van der Waals surface area contributed by atoms with E-state index < -0.39 is 25.6 Å². The van der Waals surface area contributed by atoms with Crippen molar-refractivity contribution in [2.75, 3.05) is 5.73 Å². The molecule has 43 heavy (non-hydrogen) atoms. The summed E-state index contributed by atoms with van der Waals surface area (Å²) in [5.41, 5.74) is 8.45. The minimum absolute atomic E-state index is 0. The normalized spacial score (nSPS) is 13.9. The van der Waals surface area contributed by atoms with Gasteiger partial charge in [-0.1, -0.05) is 30.3 Å². The number of nitrogen functional groups attached to an aromatic ring is 1. The Hall–Kier alpha value is -3.82. The fourth-order valence-corrected chi connectivity index (χ4v) is 6.26. The number of hydrogen-bond acceptors (Lipinski definition) is 9. The molecule has 10 nitrogen and oxygen atoms in total. The van der Waals surface area contributed by atoms with Gasteiger partial charge in [0.1, 0.15) is 11.4 Å². The molecule has 2 radical (unpaired) electrons. The maximum Gasteiger partial charge on any atom is 0.354 e. The van der Waals surface area contributed by atoms with Gasteiger partial charge in [0.05, 0.1) is 9.79 Å². The zero-order valence-corrected chi connectivity index (χ0v) is 28.2. The van der Waals surface area contributed by atoms with Crippen LogP contribution in [0.3, 0.4) is 0 Å². The van der Waals surface area contributed by atoms with Crippen LogP contribution < -0.4 is 5.73 Å². The summed E-state index contributed by atoms with van der Waals surface area (Å²) in [4.78, 5) is 30.3. The van der Waals surface area contributed by atoms with Crippen LogP contribution in [0.15, 0.2) is 106 Å². The van der Waals surface area contributed by atoms with Crippen LogP contribution in [0.1, 0.15) is 37.7 Å². The number of fused-ring (bicyclic) bond motifs is 2. The quantitative estimate of drug-likeness (QED) is 0.176. The molecule has 0 amide bonds. The molecule has 0 spiro atoms. The van der Waals surface area contributed by atoms with E-state index in [1.54, 1.807) is 79.0 Å². The fourth-order valence-electron chi connectivity index (χ4n) is 3.77. The van der Waals surface area contributed by atoms with Crippen LogP contribution in [0.2, 0.25) is 0 Å². The molecule has 216 valence electrons. The SMILES string of the molecule is Nc1ccc2c(c1)S(=O)(=O)C=C2.O=C(Cc1ccc2c(c1)S(=O)(=O)C=C2)c1ccccn1.O=C(O)c1ccccn1.[3H][B].[U]. The van der Waals surface area contributed by atoms with Crippen molar-refractivity contribution in [1.29, 1.82) is 1.34 Å². The van der Waals surface area contributed by atoms with Crippen LogP contribution in [0.25, 0.3) is 12.2 Å². The van der Waals surface area contributed by atoms with Gasteiger partial charge in [0.2, 0.25) is 9.84 Å². The standard InChI is InChI=1S/C15H11NO3S.C8H7NO2S.C6H5NO2.BH.U/c17-14(13-3-1-2-7-16-13)9-11-4-5-12-6-8-20(18,19)15(12)10-11;9-7-2-1-6-3-4-12(10,11)8(6)5-7;8-6(9)5-3-1-2-4-7-5;;/h1-8,10H,9H2;1-5H,9H2;1-4H,(H,8,9);1H;/i;;;1T;. The number of ketones is 1. The minimum atomic E-state index is -3.34. The molecule has 2 aromatic heterocycles. The van der Waals surface area contributed by atoms with Crippen LogP contribution in [0, 0.1) is 31.1 Å². The predicted molar refractivity (Wildman–Crippen MR) is 160 cm³/mol. The molecule has 4 heterocycles. The number of carbonyl (C=O) groups is 2. The third kappa shape index (κ3) is 9.08. The van der Waals surface area contributed by atoms with E-state index in [-0.39, 0.29) is 53.9 Å². The largest absolute Gasteiger partial charge is 0.477 e. The molecule has 6 rings (SSSR count). The number of anilines is 1. The van der Waals surface area contributed by atoms with Gasteiger partial charge < -0.3 is 10.8 Å². The summed E-state index contributed by atoms with van der Waals surface area (Å²) < 4.78 is 51.3. The molecule has 0 bridgehead atoms. The maximum atomic E-state index is 12.0. The van der Waals surface area contributed by atoms with Gasteiger partial charge >= 0.3 is 5.97 Å². The summed E-state index contributed by atoms with van der Waals surface area (Å²) in [5.74, 6) is -1.12. The summed E-state index contributed by atoms with van der Waals surface area (Å²) in [6.45, 7) is 0. The fraction of sp³-hybridized carbons (Fsp3) is 0.0345. The third-order valence-electron chi connectivity index (χ3n) is 5.78. The van der Waals surface area contributed by atoms with Crippen LogP contribution >= 0.6 is 0 Å². The molecule has 2 aliphatic rings. The predicted octanol–water partition coefficient (Wildman–Crippen LogP) is 3.42. The summed E-state index contributed by atoms with van der Waals surface area (Å²) in [6.07, 6.45) is 6.28. The van der Waals surface area contributed by atoms with E-state index in [0.29, 0.717) is 33.0 Å². The Balaban J connectivity index is 0.000000241. The first-order valence-corrected chi connectivity index (χ1v) is 15.0. The molecule has 0 saturated carbocycles. The second-order valence-corrected chi connectivity index (χ2v) is 12.3. The Bertz CT molecular complexity index is 1910. The number of carbonyl (C=O) groups excluding carboxylic acids is 1. The second-order valence-electron chi connectivity index (χ2n) is 8.70. The monoisotopic (exact) mass is 841 g/mol. The van der Waals surface area contributed by atoms with Crippen molar-refractivity contribution >= 4 is 57.6 Å². The zero-order chi connectivity index (χ0) is 31.6. The van der Waals surface area contributed by atoms with Crippen molar-refractivity contribution in [2.24, 2.45) is 0 Å².